The van der Waals surface area contributed by atoms with Gasteiger partial charge in [-0.25, -0.2) is 4.79 Å². The van der Waals surface area contributed by atoms with E-state index in [9.17, 15) is 4.79 Å². The first kappa shape index (κ1) is 17.8. The Kier molecular flexibility index (Phi) is 7.80. The van der Waals surface area contributed by atoms with Crippen molar-refractivity contribution in [2.75, 3.05) is 40.6 Å². The Balaban J connectivity index is 2.97. The monoisotopic (exact) mass is 312 g/mol. The van der Waals surface area contributed by atoms with Crippen LogP contribution in [0.5, 0.6) is 17.2 Å². The van der Waals surface area contributed by atoms with Crippen molar-refractivity contribution in [2.24, 2.45) is 0 Å². The van der Waals surface area contributed by atoms with E-state index in [-0.39, 0.29) is 26.4 Å². The zero-order valence-electron chi connectivity index (χ0n) is 12.6. The molecule has 0 spiro atoms. The second kappa shape index (κ2) is 9.64. The summed E-state index contributed by atoms with van der Waals surface area (Å²) >= 11 is 0. The fourth-order valence-electron chi connectivity index (χ4n) is 1.64. The summed E-state index contributed by atoms with van der Waals surface area (Å²) in [5.41, 5.74) is 0.644. The number of carbonyl (C=O) groups excluding carboxylic acids is 1. The molecule has 0 atom stereocenters. The topological polar surface area (TPSA) is 94.5 Å². The van der Waals surface area contributed by atoms with Gasteiger partial charge < -0.3 is 29.2 Å². The van der Waals surface area contributed by atoms with E-state index in [1.807, 2.05) is 0 Å². The first-order valence-corrected chi connectivity index (χ1v) is 6.61. The zero-order valence-corrected chi connectivity index (χ0v) is 12.6. The van der Waals surface area contributed by atoms with Gasteiger partial charge in [-0.3, -0.25) is 0 Å². The molecule has 0 saturated heterocycles. The summed E-state index contributed by atoms with van der Waals surface area (Å²) in [7, 11) is 2.95. The summed E-state index contributed by atoms with van der Waals surface area (Å²) in [5, 5.41) is 17.4. The number of carbonyl (C=O) groups is 1. The smallest absolute Gasteiger partial charge is 0.330 e. The van der Waals surface area contributed by atoms with E-state index in [1.54, 1.807) is 12.1 Å². The second-order valence-electron chi connectivity index (χ2n) is 4.05. The third-order valence-electron chi connectivity index (χ3n) is 2.57. The molecule has 0 aliphatic rings. The fourth-order valence-corrected chi connectivity index (χ4v) is 1.64. The Labute approximate surface area is 128 Å². The summed E-state index contributed by atoms with van der Waals surface area (Å²) in [4.78, 5) is 11.4. The van der Waals surface area contributed by atoms with Crippen LogP contribution in [0.25, 0.3) is 6.08 Å². The van der Waals surface area contributed by atoms with Crippen LogP contribution < -0.4 is 14.2 Å². The minimum atomic E-state index is -0.562. The van der Waals surface area contributed by atoms with Crippen LogP contribution in [0.1, 0.15) is 5.56 Å². The molecule has 7 nitrogen and oxygen atoms in total. The van der Waals surface area contributed by atoms with Gasteiger partial charge in [0.05, 0.1) is 27.4 Å². The lowest BCUT2D eigenvalue weighted by Gasteiger charge is -2.14. The van der Waals surface area contributed by atoms with Crippen molar-refractivity contribution in [3.8, 4) is 17.2 Å². The van der Waals surface area contributed by atoms with Gasteiger partial charge in [-0.2, -0.15) is 0 Å². The Bertz CT molecular complexity index is 486. The van der Waals surface area contributed by atoms with E-state index >= 15 is 0 Å². The van der Waals surface area contributed by atoms with Crippen molar-refractivity contribution >= 4 is 12.0 Å². The molecule has 0 aliphatic carbocycles. The van der Waals surface area contributed by atoms with Crippen LogP contribution in [0, 0.1) is 0 Å². The highest BCUT2D eigenvalue weighted by Crippen LogP contribution is 2.38. The van der Waals surface area contributed by atoms with Crippen LogP contribution in [-0.4, -0.2) is 56.8 Å². The number of ether oxygens (including phenoxy) is 4. The average Bonchev–Trinajstić information content (AvgIpc) is 2.55. The summed E-state index contributed by atoms with van der Waals surface area (Å²) in [6.07, 6.45) is 2.76. The molecule has 22 heavy (non-hydrogen) atoms. The third kappa shape index (κ3) is 5.27. The average molecular weight is 312 g/mol. The van der Waals surface area contributed by atoms with Gasteiger partial charge >= 0.3 is 5.97 Å². The summed E-state index contributed by atoms with van der Waals surface area (Å²) in [5.74, 6) is 0.638. The number of hydrogen-bond donors (Lipinski definition) is 2. The van der Waals surface area contributed by atoms with E-state index in [2.05, 4.69) is 0 Å². The molecular weight excluding hydrogens is 292 g/mol. The minimum absolute atomic E-state index is 0.0518. The molecule has 1 rings (SSSR count). The molecule has 0 aromatic heterocycles. The molecule has 2 N–H and O–H groups in total. The van der Waals surface area contributed by atoms with Crippen molar-refractivity contribution in [1.82, 2.24) is 0 Å². The van der Waals surface area contributed by atoms with Crippen LogP contribution in [0.4, 0.5) is 0 Å². The largest absolute Gasteiger partial charge is 0.493 e. The number of aliphatic hydroxyl groups excluding tert-OH is 2. The van der Waals surface area contributed by atoms with Crippen molar-refractivity contribution in [3.05, 3.63) is 23.8 Å². The molecule has 122 valence electrons. The number of hydrogen-bond acceptors (Lipinski definition) is 7. The number of rotatable bonds is 9. The Morgan fingerprint density at radius 1 is 1.09 bits per heavy atom. The first-order chi connectivity index (χ1) is 10.7. The molecule has 7 heteroatoms. The number of esters is 1. The van der Waals surface area contributed by atoms with Gasteiger partial charge in [-0.1, -0.05) is 0 Å². The predicted octanol–water partition coefficient (Wildman–Crippen LogP) is 0.624. The molecule has 0 heterocycles. The molecule has 0 fully saturated rings. The number of benzene rings is 1. The summed E-state index contributed by atoms with van der Waals surface area (Å²) in [6.45, 7) is -0.304. The van der Waals surface area contributed by atoms with E-state index in [4.69, 9.17) is 29.2 Å². The van der Waals surface area contributed by atoms with Crippen molar-refractivity contribution in [2.45, 2.75) is 0 Å². The van der Waals surface area contributed by atoms with Gasteiger partial charge in [-0.15, -0.1) is 0 Å². The van der Waals surface area contributed by atoms with Gasteiger partial charge in [0.25, 0.3) is 0 Å². The maximum atomic E-state index is 11.4. The van der Waals surface area contributed by atoms with Gasteiger partial charge in [0.2, 0.25) is 5.75 Å². The minimum Gasteiger partial charge on any atom is -0.493 e. The molecule has 0 saturated carbocycles. The molecule has 1 aromatic rings. The Hall–Kier alpha value is -2.25. The van der Waals surface area contributed by atoms with Crippen LogP contribution in [0.2, 0.25) is 0 Å². The second-order valence-corrected chi connectivity index (χ2v) is 4.05. The lowest BCUT2D eigenvalue weighted by molar-refractivity contribution is -0.138. The van der Waals surface area contributed by atoms with Crippen molar-refractivity contribution in [3.63, 3.8) is 0 Å². The number of methoxy groups -OCH3 is 2. The van der Waals surface area contributed by atoms with E-state index in [0.29, 0.717) is 22.8 Å². The maximum Gasteiger partial charge on any atom is 0.330 e. The standard InChI is InChI=1S/C15H20O7/c1-19-12-9-11(3-4-14(18)21-7-5-16)10-13(20-2)15(12)22-8-6-17/h3-4,9-10,16-17H,5-8H2,1-2H3. The van der Waals surface area contributed by atoms with Crippen LogP contribution in [0.15, 0.2) is 18.2 Å². The molecular formula is C15H20O7. The van der Waals surface area contributed by atoms with Crippen molar-refractivity contribution < 1.29 is 34.0 Å². The summed E-state index contributed by atoms with van der Waals surface area (Å²) < 4.78 is 20.6. The van der Waals surface area contributed by atoms with E-state index < -0.39 is 5.97 Å². The van der Waals surface area contributed by atoms with Gasteiger partial charge in [0, 0.05) is 6.08 Å². The van der Waals surface area contributed by atoms with Crippen molar-refractivity contribution in [1.29, 1.82) is 0 Å². The predicted molar refractivity (Wildman–Crippen MR) is 79.2 cm³/mol. The molecule has 0 amide bonds. The first-order valence-electron chi connectivity index (χ1n) is 6.61. The Morgan fingerprint density at radius 3 is 2.18 bits per heavy atom. The maximum absolute atomic E-state index is 11.4. The third-order valence-corrected chi connectivity index (χ3v) is 2.57. The van der Waals surface area contributed by atoms with Gasteiger partial charge in [0.15, 0.2) is 11.5 Å². The highest BCUT2D eigenvalue weighted by molar-refractivity contribution is 5.87. The molecule has 0 bridgehead atoms. The lowest BCUT2D eigenvalue weighted by Crippen LogP contribution is -2.05. The zero-order chi connectivity index (χ0) is 16.4. The highest BCUT2D eigenvalue weighted by atomic mass is 16.5. The molecule has 0 radical (unpaired) electrons. The van der Waals surface area contributed by atoms with Crippen LogP contribution >= 0.6 is 0 Å². The SMILES string of the molecule is COc1cc(C=CC(=O)OCCO)cc(OC)c1OCCO. The van der Waals surface area contributed by atoms with Gasteiger partial charge in [-0.05, 0) is 23.8 Å². The highest BCUT2D eigenvalue weighted by Gasteiger charge is 2.13. The van der Waals surface area contributed by atoms with Crippen LogP contribution in [-0.2, 0) is 9.53 Å². The summed E-state index contributed by atoms with van der Waals surface area (Å²) in [6, 6.07) is 3.32. The quantitative estimate of drug-likeness (QED) is 0.510. The molecule has 0 aliphatic heterocycles. The van der Waals surface area contributed by atoms with E-state index in [0.717, 1.165) is 0 Å². The lowest BCUT2D eigenvalue weighted by atomic mass is 10.1. The Morgan fingerprint density at radius 2 is 1.68 bits per heavy atom. The number of aliphatic hydroxyl groups is 2. The normalized spacial score (nSPS) is 10.5. The molecule has 0 unspecified atom stereocenters. The van der Waals surface area contributed by atoms with E-state index in [1.165, 1.54) is 26.4 Å². The van der Waals surface area contributed by atoms with Gasteiger partial charge in [0.1, 0.15) is 13.2 Å². The molecule has 1 aromatic carbocycles. The fraction of sp³-hybridized carbons (Fsp3) is 0.400. The van der Waals surface area contributed by atoms with Crippen LogP contribution in [0.3, 0.4) is 0 Å².